The van der Waals surface area contributed by atoms with E-state index in [1.54, 1.807) is 6.92 Å². The number of hydrogen-bond donors (Lipinski definition) is 1. The summed E-state index contributed by atoms with van der Waals surface area (Å²) in [6.45, 7) is 3.33. The van der Waals surface area contributed by atoms with E-state index in [9.17, 15) is 22.8 Å². The average Bonchev–Trinajstić information content (AvgIpc) is 2.54. The Bertz CT molecular complexity index is 620. The number of carbonyl (C=O) groups excluding carboxylic acids is 2. The number of rotatable bonds is 3. The van der Waals surface area contributed by atoms with Crippen molar-refractivity contribution in [2.24, 2.45) is 0 Å². The van der Waals surface area contributed by atoms with Gasteiger partial charge in [-0.3, -0.25) is 0 Å². The Morgan fingerprint density at radius 1 is 1.20 bits per heavy atom. The van der Waals surface area contributed by atoms with E-state index in [2.05, 4.69) is 5.32 Å². The summed E-state index contributed by atoms with van der Waals surface area (Å²) in [5.41, 5.74) is -4.10. The second kappa shape index (κ2) is 8.32. The molecule has 0 bridgehead atoms. The van der Waals surface area contributed by atoms with Gasteiger partial charge in [0, 0.05) is 36.8 Å². The van der Waals surface area contributed by atoms with Crippen molar-refractivity contribution in [3.05, 3.63) is 24.3 Å². The van der Waals surface area contributed by atoms with E-state index in [1.807, 2.05) is 0 Å². The molecule has 1 saturated heterocycles. The lowest BCUT2D eigenvalue weighted by atomic mass is 10.3. The van der Waals surface area contributed by atoms with Crippen molar-refractivity contribution in [3.8, 4) is 0 Å². The first kappa shape index (κ1) is 19.2. The Morgan fingerprint density at radius 2 is 1.84 bits per heavy atom. The zero-order valence-corrected chi connectivity index (χ0v) is 14.3. The molecule has 25 heavy (non-hydrogen) atoms. The average molecular weight is 377 g/mol. The number of alkyl halides is 3. The number of ether oxygens (including phenoxy) is 1. The molecule has 1 aromatic rings. The molecule has 1 aliphatic rings. The highest BCUT2D eigenvalue weighted by molar-refractivity contribution is 8.00. The Kier molecular flexibility index (Phi) is 6.40. The zero-order valence-electron chi connectivity index (χ0n) is 13.5. The van der Waals surface area contributed by atoms with Crippen LogP contribution < -0.4 is 5.32 Å². The van der Waals surface area contributed by atoms with Gasteiger partial charge in [-0.15, -0.1) is 0 Å². The van der Waals surface area contributed by atoms with Crippen molar-refractivity contribution in [2.75, 3.05) is 38.1 Å². The number of benzene rings is 1. The molecule has 1 aliphatic heterocycles. The fraction of sp³-hybridized carbons (Fsp3) is 0.467. The Morgan fingerprint density at radius 3 is 2.44 bits per heavy atom. The van der Waals surface area contributed by atoms with Crippen molar-refractivity contribution >= 4 is 29.6 Å². The normalized spacial score (nSPS) is 15.0. The Balaban J connectivity index is 1.89. The predicted molar refractivity (Wildman–Crippen MR) is 87.5 cm³/mol. The van der Waals surface area contributed by atoms with Crippen LogP contribution in [0.15, 0.2) is 29.2 Å². The van der Waals surface area contributed by atoms with Gasteiger partial charge in [0.15, 0.2) is 0 Å². The summed E-state index contributed by atoms with van der Waals surface area (Å²) < 4.78 is 42.1. The number of carbonyl (C=O) groups is 2. The summed E-state index contributed by atoms with van der Waals surface area (Å²) in [4.78, 5) is 26.8. The molecule has 6 nitrogen and oxygen atoms in total. The number of thioether (sulfide) groups is 1. The molecule has 0 unspecified atom stereocenters. The minimum Gasteiger partial charge on any atom is -0.450 e. The van der Waals surface area contributed by atoms with Crippen molar-refractivity contribution in [1.29, 1.82) is 0 Å². The van der Waals surface area contributed by atoms with Crippen LogP contribution in [0.5, 0.6) is 0 Å². The van der Waals surface area contributed by atoms with Crippen LogP contribution in [0.2, 0.25) is 0 Å². The van der Waals surface area contributed by atoms with Crippen LogP contribution in [0, 0.1) is 0 Å². The van der Waals surface area contributed by atoms with Gasteiger partial charge in [0.2, 0.25) is 0 Å². The van der Waals surface area contributed by atoms with Crippen LogP contribution in [0.4, 0.5) is 28.4 Å². The standard InChI is InChI=1S/C15H18F3N3O3S/c1-2-24-14(23)21-8-6-20(7-9-21)13(22)19-11-4-3-5-12(10-11)25-15(16,17)18/h3-5,10H,2,6-9H2,1H3,(H,19,22). The van der Waals surface area contributed by atoms with E-state index in [1.165, 1.54) is 34.1 Å². The van der Waals surface area contributed by atoms with Gasteiger partial charge in [0.05, 0.1) is 6.61 Å². The highest BCUT2D eigenvalue weighted by atomic mass is 32.2. The van der Waals surface area contributed by atoms with Crippen LogP contribution >= 0.6 is 11.8 Å². The van der Waals surface area contributed by atoms with Gasteiger partial charge in [-0.05, 0) is 36.9 Å². The van der Waals surface area contributed by atoms with Crippen molar-refractivity contribution in [2.45, 2.75) is 17.3 Å². The quantitative estimate of drug-likeness (QED) is 0.818. The number of urea groups is 1. The van der Waals surface area contributed by atoms with Crippen molar-refractivity contribution < 1.29 is 27.5 Å². The Labute approximate surface area is 147 Å². The first-order chi connectivity index (χ1) is 11.8. The number of nitrogens with zero attached hydrogens (tertiary/aromatic N) is 2. The molecule has 10 heteroatoms. The molecule has 0 aromatic heterocycles. The summed E-state index contributed by atoms with van der Waals surface area (Å²) in [6, 6.07) is 5.14. The maximum absolute atomic E-state index is 12.4. The molecule has 0 saturated carbocycles. The van der Waals surface area contributed by atoms with Crippen molar-refractivity contribution in [3.63, 3.8) is 0 Å². The molecule has 1 heterocycles. The minimum atomic E-state index is -4.38. The summed E-state index contributed by atoms with van der Waals surface area (Å²) in [5, 5.41) is 2.58. The van der Waals surface area contributed by atoms with Gasteiger partial charge >= 0.3 is 17.6 Å². The fourth-order valence-corrected chi connectivity index (χ4v) is 2.88. The molecule has 0 spiro atoms. The fourth-order valence-electron chi connectivity index (χ4n) is 2.28. The number of halogens is 3. The maximum Gasteiger partial charge on any atom is 0.446 e. The molecule has 1 N–H and O–H groups in total. The van der Waals surface area contributed by atoms with Gasteiger partial charge in [0.25, 0.3) is 0 Å². The second-order valence-electron chi connectivity index (χ2n) is 5.18. The van der Waals surface area contributed by atoms with Crippen LogP contribution in [0.25, 0.3) is 0 Å². The molecule has 138 valence electrons. The molecule has 0 aliphatic carbocycles. The molecule has 1 fully saturated rings. The van der Waals surface area contributed by atoms with Crippen molar-refractivity contribution in [1.82, 2.24) is 9.80 Å². The first-order valence-electron chi connectivity index (χ1n) is 7.62. The van der Waals surface area contributed by atoms with Crippen LogP contribution in [-0.4, -0.2) is 60.2 Å². The largest absolute Gasteiger partial charge is 0.450 e. The molecular formula is C15H18F3N3O3S. The molecule has 0 radical (unpaired) electrons. The number of piperazine rings is 1. The second-order valence-corrected chi connectivity index (χ2v) is 6.32. The third kappa shape index (κ3) is 6.04. The van der Waals surface area contributed by atoms with Gasteiger partial charge in [-0.1, -0.05) is 6.07 Å². The monoisotopic (exact) mass is 377 g/mol. The lowest BCUT2D eigenvalue weighted by Gasteiger charge is -2.34. The smallest absolute Gasteiger partial charge is 0.446 e. The highest BCUT2D eigenvalue weighted by Gasteiger charge is 2.29. The van der Waals surface area contributed by atoms with Gasteiger partial charge in [-0.2, -0.15) is 13.2 Å². The lowest BCUT2D eigenvalue weighted by Crippen LogP contribution is -2.51. The number of anilines is 1. The van der Waals surface area contributed by atoms with E-state index >= 15 is 0 Å². The van der Waals surface area contributed by atoms with Gasteiger partial charge < -0.3 is 19.9 Å². The summed E-state index contributed by atoms with van der Waals surface area (Å²) in [7, 11) is 0. The van der Waals surface area contributed by atoms with E-state index in [-0.39, 0.29) is 29.0 Å². The molecule has 2 rings (SSSR count). The van der Waals surface area contributed by atoms with Crippen LogP contribution in [0.1, 0.15) is 6.92 Å². The zero-order chi connectivity index (χ0) is 18.4. The van der Waals surface area contributed by atoms with Gasteiger partial charge in [0.1, 0.15) is 0 Å². The summed E-state index contributed by atoms with van der Waals surface area (Å²) in [6.07, 6.45) is -0.417. The Hall–Kier alpha value is -2.10. The number of amides is 3. The summed E-state index contributed by atoms with van der Waals surface area (Å²) >= 11 is -0.237. The molecule has 3 amide bonds. The SMILES string of the molecule is CCOC(=O)N1CCN(C(=O)Nc2cccc(SC(F)(F)F)c2)CC1. The maximum atomic E-state index is 12.4. The third-order valence-electron chi connectivity index (χ3n) is 3.41. The van der Waals surface area contributed by atoms with E-state index in [0.29, 0.717) is 26.2 Å². The molecule has 0 atom stereocenters. The van der Waals surface area contributed by atoms with Crippen LogP contribution in [0.3, 0.4) is 0 Å². The number of hydrogen-bond acceptors (Lipinski definition) is 4. The molecular weight excluding hydrogens is 359 g/mol. The van der Waals surface area contributed by atoms with E-state index in [4.69, 9.17) is 4.74 Å². The van der Waals surface area contributed by atoms with E-state index < -0.39 is 17.6 Å². The first-order valence-corrected chi connectivity index (χ1v) is 8.43. The predicted octanol–water partition coefficient (Wildman–Crippen LogP) is 3.60. The molecule has 1 aromatic carbocycles. The number of nitrogens with one attached hydrogen (secondary N) is 1. The van der Waals surface area contributed by atoms with Gasteiger partial charge in [-0.25, -0.2) is 9.59 Å². The minimum absolute atomic E-state index is 0.00238. The van der Waals surface area contributed by atoms with Crippen LogP contribution in [-0.2, 0) is 4.74 Å². The summed E-state index contributed by atoms with van der Waals surface area (Å²) in [5.74, 6) is 0. The van der Waals surface area contributed by atoms with E-state index in [0.717, 1.165) is 0 Å². The topological polar surface area (TPSA) is 61.9 Å². The highest BCUT2D eigenvalue weighted by Crippen LogP contribution is 2.37. The lowest BCUT2D eigenvalue weighted by molar-refractivity contribution is -0.0328. The third-order valence-corrected chi connectivity index (χ3v) is 4.13.